The van der Waals surface area contributed by atoms with Gasteiger partial charge in [0.2, 0.25) is 0 Å². The number of aromatic nitrogens is 3. The number of nitrogens with zero attached hydrogens (tertiary/aromatic N) is 3. The van der Waals surface area contributed by atoms with Gasteiger partial charge in [-0.3, -0.25) is 0 Å². The highest BCUT2D eigenvalue weighted by Crippen LogP contribution is 2.32. The molecule has 2 heterocycles. The second-order valence-corrected chi connectivity index (χ2v) is 4.78. The van der Waals surface area contributed by atoms with Crippen LogP contribution in [0.15, 0.2) is 24.4 Å². The van der Waals surface area contributed by atoms with E-state index >= 15 is 0 Å². The van der Waals surface area contributed by atoms with Gasteiger partial charge in [0.1, 0.15) is 11.6 Å². The molecule has 5 nitrogen and oxygen atoms in total. The van der Waals surface area contributed by atoms with E-state index in [-0.39, 0.29) is 11.9 Å². The SMILES string of the molecule is CCn1ncc(CNC2CCOc3ccc(F)cc32)n1. The second kappa shape index (κ2) is 5.58. The minimum atomic E-state index is -0.238. The van der Waals surface area contributed by atoms with Crippen LogP contribution < -0.4 is 10.1 Å². The van der Waals surface area contributed by atoms with Crippen LogP contribution in [0.25, 0.3) is 0 Å². The van der Waals surface area contributed by atoms with E-state index < -0.39 is 0 Å². The van der Waals surface area contributed by atoms with Crippen molar-refractivity contribution in [3.8, 4) is 5.75 Å². The lowest BCUT2D eigenvalue weighted by Crippen LogP contribution is -2.27. The van der Waals surface area contributed by atoms with Crippen molar-refractivity contribution in [1.29, 1.82) is 0 Å². The van der Waals surface area contributed by atoms with Gasteiger partial charge in [-0.2, -0.15) is 15.0 Å². The molecule has 2 aromatic rings. The Morgan fingerprint density at radius 1 is 1.50 bits per heavy atom. The van der Waals surface area contributed by atoms with E-state index in [1.54, 1.807) is 17.1 Å². The number of halogens is 1. The summed E-state index contributed by atoms with van der Waals surface area (Å²) in [6, 6.07) is 4.73. The molecule has 3 rings (SSSR count). The first-order chi connectivity index (χ1) is 9.76. The third-order valence-electron chi connectivity index (χ3n) is 3.41. The molecule has 1 aliphatic rings. The van der Waals surface area contributed by atoms with Gasteiger partial charge in [-0.05, 0) is 25.1 Å². The maximum absolute atomic E-state index is 13.4. The van der Waals surface area contributed by atoms with Gasteiger partial charge in [0.25, 0.3) is 0 Å². The van der Waals surface area contributed by atoms with E-state index in [1.165, 1.54) is 12.1 Å². The van der Waals surface area contributed by atoms with Crippen molar-refractivity contribution < 1.29 is 9.13 Å². The van der Waals surface area contributed by atoms with Gasteiger partial charge in [0.05, 0.1) is 25.0 Å². The minimum absolute atomic E-state index is 0.0845. The van der Waals surface area contributed by atoms with Crippen molar-refractivity contribution in [1.82, 2.24) is 20.3 Å². The van der Waals surface area contributed by atoms with E-state index in [2.05, 4.69) is 15.5 Å². The van der Waals surface area contributed by atoms with Gasteiger partial charge in [0, 0.05) is 24.6 Å². The number of hydrogen-bond acceptors (Lipinski definition) is 4. The summed E-state index contributed by atoms with van der Waals surface area (Å²) in [5.74, 6) is 0.519. The number of rotatable bonds is 4. The van der Waals surface area contributed by atoms with E-state index in [9.17, 15) is 4.39 Å². The molecule has 0 saturated heterocycles. The molecule has 0 bridgehead atoms. The smallest absolute Gasteiger partial charge is 0.124 e. The Labute approximate surface area is 116 Å². The van der Waals surface area contributed by atoms with Crippen LogP contribution in [0.3, 0.4) is 0 Å². The zero-order chi connectivity index (χ0) is 13.9. The Bertz CT molecular complexity index is 599. The number of benzene rings is 1. The molecule has 0 radical (unpaired) electrons. The fourth-order valence-electron chi connectivity index (χ4n) is 2.37. The highest BCUT2D eigenvalue weighted by molar-refractivity contribution is 5.38. The zero-order valence-corrected chi connectivity index (χ0v) is 11.3. The molecule has 0 aliphatic carbocycles. The maximum Gasteiger partial charge on any atom is 0.124 e. The summed E-state index contributed by atoms with van der Waals surface area (Å²) in [7, 11) is 0. The highest BCUT2D eigenvalue weighted by Gasteiger charge is 2.21. The molecular formula is C14H17FN4O. The normalized spacial score (nSPS) is 17.6. The summed E-state index contributed by atoms with van der Waals surface area (Å²) in [4.78, 5) is 1.65. The molecule has 0 spiro atoms. The highest BCUT2D eigenvalue weighted by atomic mass is 19.1. The number of fused-ring (bicyclic) bond motifs is 1. The Kier molecular flexibility index (Phi) is 3.64. The molecule has 1 aliphatic heterocycles. The molecule has 1 aromatic carbocycles. The first kappa shape index (κ1) is 13.1. The van der Waals surface area contributed by atoms with Gasteiger partial charge < -0.3 is 10.1 Å². The van der Waals surface area contributed by atoms with Crippen LogP contribution in [0.2, 0.25) is 0 Å². The van der Waals surface area contributed by atoms with Crippen molar-refractivity contribution in [3.05, 3.63) is 41.5 Å². The number of hydrogen-bond donors (Lipinski definition) is 1. The second-order valence-electron chi connectivity index (χ2n) is 4.78. The summed E-state index contributed by atoms with van der Waals surface area (Å²) in [6.07, 6.45) is 2.57. The molecule has 1 aromatic heterocycles. The minimum Gasteiger partial charge on any atom is -0.493 e. The fourth-order valence-corrected chi connectivity index (χ4v) is 2.37. The lowest BCUT2D eigenvalue weighted by atomic mass is 10.0. The van der Waals surface area contributed by atoms with Crippen LogP contribution in [0, 0.1) is 5.82 Å². The molecule has 1 N–H and O–H groups in total. The summed E-state index contributed by atoms with van der Waals surface area (Å²) < 4.78 is 18.9. The van der Waals surface area contributed by atoms with Crippen molar-refractivity contribution in [2.75, 3.05) is 6.61 Å². The number of nitrogens with one attached hydrogen (secondary N) is 1. The predicted octanol–water partition coefficient (Wildman–Crippen LogP) is 2.05. The molecule has 20 heavy (non-hydrogen) atoms. The number of ether oxygens (including phenoxy) is 1. The van der Waals surface area contributed by atoms with E-state index in [0.29, 0.717) is 13.2 Å². The van der Waals surface area contributed by atoms with Gasteiger partial charge in [-0.25, -0.2) is 4.39 Å². The monoisotopic (exact) mass is 276 g/mol. The predicted molar refractivity (Wildman–Crippen MR) is 71.8 cm³/mol. The lowest BCUT2D eigenvalue weighted by molar-refractivity contribution is 0.251. The number of aryl methyl sites for hydroxylation is 1. The third kappa shape index (κ3) is 2.65. The first-order valence-electron chi connectivity index (χ1n) is 6.81. The molecule has 0 saturated carbocycles. The molecule has 6 heteroatoms. The topological polar surface area (TPSA) is 52.0 Å². The van der Waals surface area contributed by atoms with Gasteiger partial charge in [-0.1, -0.05) is 0 Å². The van der Waals surface area contributed by atoms with Gasteiger partial charge in [-0.15, -0.1) is 0 Å². The van der Waals surface area contributed by atoms with Crippen LogP contribution in [-0.4, -0.2) is 21.6 Å². The van der Waals surface area contributed by atoms with Crippen LogP contribution >= 0.6 is 0 Å². The van der Waals surface area contributed by atoms with Crippen LogP contribution in [-0.2, 0) is 13.1 Å². The maximum atomic E-state index is 13.4. The summed E-state index contributed by atoms with van der Waals surface area (Å²) in [6.45, 7) is 4.00. The molecule has 106 valence electrons. The molecule has 0 fully saturated rings. The average molecular weight is 276 g/mol. The summed E-state index contributed by atoms with van der Waals surface area (Å²) in [5, 5.41) is 11.9. The Hall–Kier alpha value is -1.95. The lowest BCUT2D eigenvalue weighted by Gasteiger charge is -2.26. The molecule has 0 amide bonds. The summed E-state index contributed by atoms with van der Waals surface area (Å²) in [5.41, 5.74) is 1.76. The van der Waals surface area contributed by atoms with Crippen molar-refractivity contribution >= 4 is 0 Å². The molecule has 1 unspecified atom stereocenters. The van der Waals surface area contributed by atoms with E-state index in [0.717, 1.165) is 30.0 Å². The standard InChI is InChI=1S/C14H17FN4O/c1-2-19-17-9-11(18-19)8-16-13-5-6-20-14-4-3-10(15)7-12(13)14/h3-4,7,9,13,16H,2,5-6,8H2,1H3. The van der Waals surface area contributed by atoms with Crippen LogP contribution in [0.4, 0.5) is 4.39 Å². The van der Waals surface area contributed by atoms with Crippen molar-refractivity contribution in [2.45, 2.75) is 32.5 Å². The van der Waals surface area contributed by atoms with Gasteiger partial charge in [0.15, 0.2) is 0 Å². The average Bonchev–Trinajstić information content (AvgIpc) is 2.93. The Morgan fingerprint density at radius 3 is 3.20 bits per heavy atom. The van der Waals surface area contributed by atoms with E-state index in [4.69, 9.17) is 4.74 Å². The molecular weight excluding hydrogens is 259 g/mol. The largest absolute Gasteiger partial charge is 0.493 e. The Balaban J connectivity index is 1.71. The van der Waals surface area contributed by atoms with Crippen molar-refractivity contribution in [3.63, 3.8) is 0 Å². The third-order valence-corrected chi connectivity index (χ3v) is 3.41. The van der Waals surface area contributed by atoms with Crippen LogP contribution in [0.1, 0.15) is 30.6 Å². The Morgan fingerprint density at radius 2 is 2.40 bits per heavy atom. The summed E-state index contributed by atoms with van der Waals surface area (Å²) >= 11 is 0. The van der Waals surface area contributed by atoms with Crippen LogP contribution in [0.5, 0.6) is 5.75 Å². The van der Waals surface area contributed by atoms with Gasteiger partial charge >= 0.3 is 0 Å². The zero-order valence-electron chi connectivity index (χ0n) is 11.3. The van der Waals surface area contributed by atoms with E-state index in [1.807, 2.05) is 6.92 Å². The quantitative estimate of drug-likeness (QED) is 0.928. The van der Waals surface area contributed by atoms with Crippen molar-refractivity contribution in [2.24, 2.45) is 0 Å². The molecule has 1 atom stereocenters. The first-order valence-corrected chi connectivity index (χ1v) is 6.81. The fraction of sp³-hybridized carbons (Fsp3) is 0.429.